The van der Waals surface area contributed by atoms with Crippen molar-refractivity contribution in [3.63, 3.8) is 0 Å². The molecular formula is C20H21F3N2O3S. The third-order valence-corrected chi connectivity index (χ3v) is 6.64. The van der Waals surface area contributed by atoms with Crippen molar-refractivity contribution in [2.45, 2.75) is 32.4 Å². The first kappa shape index (κ1) is 21.2. The van der Waals surface area contributed by atoms with E-state index in [1.807, 2.05) is 0 Å². The van der Waals surface area contributed by atoms with Crippen LogP contribution in [0.5, 0.6) is 0 Å². The van der Waals surface area contributed by atoms with Gasteiger partial charge in [-0.05, 0) is 55.2 Å². The number of alkyl halides is 3. The van der Waals surface area contributed by atoms with E-state index in [4.69, 9.17) is 0 Å². The Bertz CT molecular complexity index is 1020. The van der Waals surface area contributed by atoms with E-state index in [1.165, 1.54) is 16.4 Å². The molecule has 0 saturated carbocycles. The van der Waals surface area contributed by atoms with E-state index in [-0.39, 0.29) is 11.3 Å². The van der Waals surface area contributed by atoms with Crippen LogP contribution in [-0.2, 0) is 22.6 Å². The summed E-state index contributed by atoms with van der Waals surface area (Å²) in [5, 5.41) is 2.56. The van der Waals surface area contributed by atoms with Crippen LogP contribution in [0.25, 0.3) is 0 Å². The van der Waals surface area contributed by atoms with Crippen molar-refractivity contribution in [2.75, 3.05) is 21.9 Å². The summed E-state index contributed by atoms with van der Waals surface area (Å²) >= 11 is 0. The van der Waals surface area contributed by atoms with E-state index in [0.717, 1.165) is 24.1 Å². The van der Waals surface area contributed by atoms with Crippen LogP contribution >= 0.6 is 0 Å². The maximum atomic E-state index is 12.9. The van der Waals surface area contributed by atoms with Crippen LogP contribution in [0.4, 0.5) is 24.5 Å². The van der Waals surface area contributed by atoms with Crippen LogP contribution in [0, 0.1) is 0 Å². The third-order valence-electron chi connectivity index (χ3n) is 4.67. The molecule has 29 heavy (non-hydrogen) atoms. The van der Waals surface area contributed by atoms with Gasteiger partial charge in [0.05, 0.1) is 17.0 Å². The molecule has 1 aliphatic rings. The molecule has 3 rings (SSSR count). The summed E-state index contributed by atoms with van der Waals surface area (Å²) in [7, 11) is -3.47. The Morgan fingerprint density at radius 2 is 1.93 bits per heavy atom. The average molecular weight is 426 g/mol. The van der Waals surface area contributed by atoms with Gasteiger partial charge in [-0.15, -0.1) is 0 Å². The van der Waals surface area contributed by atoms with Crippen molar-refractivity contribution in [3.05, 3.63) is 59.2 Å². The Morgan fingerprint density at radius 3 is 2.62 bits per heavy atom. The van der Waals surface area contributed by atoms with Crippen molar-refractivity contribution in [1.82, 2.24) is 0 Å². The van der Waals surface area contributed by atoms with Gasteiger partial charge in [0.15, 0.2) is 0 Å². The predicted molar refractivity (Wildman–Crippen MR) is 106 cm³/mol. The van der Waals surface area contributed by atoms with Gasteiger partial charge in [-0.3, -0.25) is 9.10 Å². The molecule has 0 fully saturated rings. The van der Waals surface area contributed by atoms with E-state index < -0.39 is 27.7 Å². The molecule has 1 amide bonds. The molecule has 1 aliphatic heterocycles. The Hall–Kier alpha value is -2.55. The van der Waals surface area contributed by atoms with Gasteiger partial charge in [-0.25, -0.2) is 8.42 Å². The molecule has 2 aromatic carbocycles. The smallest absolute Gasteiger partial charge is 0.322 e. The maximum Gasteiger partial charge on any atom is 0.416 e. The van der Waals surface area contributed by atoms with Gasteiger partial charge in [-0.1, -0.05) is 19.1 Å². The lowest BCUT2D eigenvalue weighted by Crippen LogP contribution is -2.37. The van der Waals surface area contributed by atoms with Crippen LogP contribution in [-0.4, -0.2) is 26.6 Å². The fraction of sp³-hybridized carbons (Fsp3) is 0.350. The summed E-state index contributed by atoms with van der Waals surface area (Å²) in [5.41, 5.74) is 0.643. The SMILES string of the molecule is CCCS(=O)(=O)N1CCCc2ccc(NC(=O)c3cccc(C(F)(F)F)c3)cc21. The molecule has 0 bridgehead atoms. The van der Waals surface area contributed by atoms with Gasteiger partial charge >= 0.3 is 6.18 Å². The van der Waals surface area contributed by atoms with E-state index >= 15 is 0 Å². The number of aryl methyl sites for hydroxylation is 1. The fourth-order valence-electron chi connectivity index (χ4n) is 3.32. The fourth-order valence-corrected chi connectivity index (χ4v) is 4.93. The molecule has 156 valence electrons. The minimum Gasteiger partial charge on any atom is -0.322 e. The van der Waals surface area contributed by atoms with Crippen molar-refractivity contribution < 1.29 is 26.4 Å². The third kappa shape index (κ3) is 4.72. The minimum absolute atomic E-state index is 0.0211. The zero-order chi connectivity index (χ0) is 21.2. The molecule has 0 atom stereocenters. The van der Waals surface area contributed by atoms with Gasteiger partial charge in [0.25, 0.3) is 5.91 Å². The topological polar surface area (TPSA) is 66.5 Å². The number of carbonyl (C=O) groups excluding carboxylic acids is 1. The van der Waals surface area contributed by atoms with Crippen LogP contribution < -0.4 is 9.62 Å². The lowest BCUT2D eigenvalue weighted by molar-refractivity contribution is -0.137. The van der Waals surface area contributed by atoms with Crippen molar-refractivity contribution in [3.8, 4) is 0 Å². The lowest BCUT2D eigenvalue weighted by atomic mass is 10.0. The Kier molecular flexibility index (Phi) is 5.88. The second-order valence-corrected chi connectivity index (χ2v) is 8.88. The first-order chi connectivity index (χ1) is 13.6. The summed E-state index contributed by atoms with van der Waals surface area (Å²) in [6.45, 7) is 2.15. The molecule has 0 aromatic heterocycles. The summed E-state index contributed by atoms with van der Waals surface area (Å²) in [6.07, 6.45) is -2.64. The van der Waals surface area contributed by atoms with Crippen molar-refractivity contribution in [2.24, 2.45) is 0 Å². The minimum atomic E-state index is -4.55. The first-order valence-corrected chi connectivity index (χ1v) is 10.8. The normalized spacial score (nSPS) is 14.4. The standard InChI is InChI=1S/C20H21F3N2O3S/c1-2-11-29(27,28)25-10-4-6-14-8-9-17(13-18(14)25)24-19(26)15-5-3-7-16(12-15)20(21,22)23/h3,5,7-9,12-13H,2,4,6,10-11H2,1H3,(H,24,26). The largest absolute Gasteiger partial charge is 0.416 e. The lowest BCUT2D eigenvalue weighted by Gasteiger charge is -2.31. The highest BCUT2D eigenvalue weighted by molar-refractivity contribution is 7.92. The maximum absolute atomic E-state index is 12.9. The number of nitrogens with zero attached hydrogens (tertiary/aromatic N) is 1. The first-order valence-electron chi connectivity index (χ1n) is 9.24. The van der Waals surface area contributed by atoms with Crippen LogP contribution in [0.15, 0.2) is 42.5 Å². The second kappa shape index (κ2) is 8.06. The molecule has 2 aromatic rings. The molecular weight excluding hydrogens is 405 g/mol. The Labute approximate surface area is 167 Å². The van der Waals surface area contributed by atoms with Gasteiger partial charge < -0.3 is 5.32 Å². The average Bonchev–Trinajstić information content (AvgIpc) is 2.66. The molecule has 0 radical (unpaired) electrons. The predicted octanol–water partition coefficient (Wildman–Crippen LogP) is 4.45. The molecule has 0 unspecified atom stereocenters. The van der Waals surface area contributed by atoms with E-state index in [0.29, 0.717) is 30.8 Å². The Morgan fingerprint density at radius 1 is 1.17 bits per heavy atom. The number of nitrogens with one attached hydrogen (secondary N) is 1. The number of benzene rings is 2. The van der Waals surface area contributed by atoms with Crippen LogP contribution in [0.1, 0.15) is 41.3 Å². The number of hydrogen-bond donors (Lipinski definition) is 1. The van der Waals surface area contributed by atoms with Crippen LogP contribution in [0.2, 0.25) is 0 Å². The molecule has 9 heteroatoms. The summed E-state index contributed by atoms with van der Waals surface area (Å²) in [4.78, 5) is 12.4. The number of hydrogen-bond acceptors (Lipinski definition) is 3. The summed E-state index contributed by atoms with van der Waals surface area (Å²) in [6, 6.07) is 9.07. The van der Waals surface area contributed by atoms with E-state index in [1.54, 1.807) is 25.1 Å². The quantitative estimate of drug-likeness (QED) is 0.768. The highest BCUT2D eigenvalue weighted by atomic mass is 32.2. The van der Waals surface area contributed by atoms with E-state index in [9.17, 15) is 26.4 Å². The number of sulfonamides is 1. The molecule has 1 heterocycles. The number of halogens is 3. The number of carbonyl (C=O) groups is 1. The van der Waals surface area contributed by atoms with Gasteiger partial charge in [0.2, 0.25) is 10.0 Å². The van der Waals surface area contributed by atoms with E-state index in [2.05, 4.69) is 5.32 Å². The van der Waals surface area contributed by atoms with Gasteiger partial charge in [0.1, 0.15) is 0 Å². The highest BCUT2D eigenvalue weighted by Gasteiger charge is 2.31. The highest BCUT2D eigenvalue weighted by Crippen LogP contribution is 2.33. The monoisotopic (exact) mass is 426 g/mol. The molecule has 1 N–H and O–H groups in total. The number of amides is 1. The molecule has 5 nitrogen and oxygen atoms in total. The van der Waals surface area contributed by atoms with Crippen molar-refractivity contribution >= 4 is 27.3 Å². The van der Waals surface area contributed by atoms with Crippen LogP contribution in [0.3, 0.4) is 0 Å². The summed E-state index contributed by atoms with van der Waals surface area (Å²) in [5.74, 6) is -0.678. The zero-order valence-corrected chi connectivity index (χ0v) is 16.6. The Balaban J connectivity index is 1.87. The number of fused-ring (bicyclic) bond motifs is 1. The molecule has 0 spiro atoms. The number of anilines is 2. The molecule has 0 saturated heterocycles. The second-order valence-electron chi connectivity index (χ2n) is 6.87. The summed E-state index contributed by atoms with van der Waals surface area (Å²) < 4.78 is 65.1. The van der Waals surface area contributed by atoms with Gasteiger partial charge in [0, 0.05) is 17.8 Å². The van der Waals surface area contributed by atoms with Crippen molar-refractivity contribution in [1.29, 1.82) is 0 Å². The van der Waals surface area contributed by atoms with Gasteiger partial charge in [-0.2, -0.15) is 13.2 Å². The zero-order valence-electron chi connectivity index (χ0n) is 15.8. The number of rotatable bonds is 5. The molecule has 0 aliphatic carbocycles.